The maximum absolute atomic E-state index is 13.3. The Balaban J connectivity index is 2.28. The van der Waals surface area contributed by atoms with Crippen molar-refractivity contribution >= 4 is 44.8 Å². The van der Waals surface area contributed by atoms with Gasteiger partial charge in [-0.3, -0.25) is 4.79 Å². The molecule has 0 atom stereocenters. The molecule has 0 spiro atoms. The highest BCUT2D eigenvalue weighted by molar-refractivity contribution is 9.10. The lowest BCUT2D eigenvalue weighted by molar-refractivity contribution is 0.102. The van der Waals surface area contributed by atoms with E-state index in [0.29, 0.717) is 10.2 Å². The van der Waals surface area contributed by atoms with E-state index in [1.165, 1.54) is 12.1 Å². The second-order valence-corrected chi connectivity index (χ2v) is 5.05. The van der Waals surface area contributed by atoms with E-state index in [4.69, 9.17) is 17.3 Å². The first-order chi connectivity index (χ1) is 8.99. The van der Waals surface area contributed by atoms with Crippen LogP contribution in [0.4, 0.5) is 15.8 Å². The van der Waals surface area contributed by atoms with E-state index < -0.39 is 11.7 Å². The van der Waals surface area contributed by atoms with Gasteiger partial charge in [0.15, 0.2) is 0 Å². The predicted octanol–water partition coefficient (Wildman–Crippen LogP) is 4.08. The van der Waals surface area contributed by atoms with Crippen LogP contribution in [0.3, 0.4) is 0 Å². The number of rotatable bonds is 2. The number of nitrogens with two attached hydrogens (primary N) is 1. The van der Waals surface area contributed by atoms with Crippen molar-refractivity contribution in [3.8, 4) is 0 Å². The third-order valence-electron chi connectivity index (χ3n) is 2.45. The molecule has 0 bridgehead atoms. The van der Waals surface area contributed by atoms with Crippen LogP contribution in [0.1, 0.15) is 10.4 Å². The number of anilines is 2. The first kappa shape index (κ1) is 13.8. The van der Waals surface area contributed by atoms with Gasteiger partial charge in [0.25, 0.3) is 5.91 Å². The van der Waals surface area contributed by atoms with Crippen LogP contribution in [0.2, 0.25) is 5.02 Å². The van der Waals surface area contributed by atoms with Gasteiger partial charge in [-0.25, -0.2) is 4.39 Å². The predicted molar refractivity (Wildman–Crippen MR) is 77.9 cm³/mol. The summed E-state index contributed by atoms with van der Waals surface area (Å²) in [7, 11) is 0. The summed E-state index contributed by atoms with van der Waals surface area (Å²) in [5.74, 6) is -0.949. The Bertz CT molecular complexity index is 628. The van der Waals surface area contributed by atoms with Crippen molar-refractivity contribution in [2.24, 2.45) is 0 Å². The number of nitrogens with one attached hydrogen (secondary N) is 1. The van der Waals surface area contributed by atoms with Crippen LogP contribution >= 0.6 is 27.5 Å². The van der Waals surface area contributed by atoms with Crippen LogP contribution in [-0.2, 0) is 0 Å². The van der Waals surface area contributed by atoms with Crippen LogP contribution in [0.5, 0.6) is 0 Å². The number of carbonyl (C=O) groups is 1. The molecule has 0 heterocycles. The summed E-state index contributed by atoms with van der Waals surface area (Å²) >= 11 is 8.96. The van der Waals surface area contributed by atoms with Crippen LogP contribution in [-0.4, -0.2) is 5.91 Å². The highest BCUT2D eigenvalue weighted by Gasteiger charge is 2.14. The van der Waals surface area contributed by atoms with Gasteiger partial charge in [0, 0.05) is 11.4 Å². The fraction of sp³-hybridized carbons (Fsp3) is 0. The Morgan fingerprint density at radius 1 is 1.32 bits per heavy atom. The Morgan fingerprint density at radius 2 is 2.05 bits per heavy atom. The molecule has 2 aromatic carbocycles. The molecule has 0 saturated heterocycles. The van der Waals surface area contributed by atoms with Crippen molar-refractivity contribution in [3.63, 3.8) is 0 Å². The fourth-order valence-electron chi connectivity index (χ4n) is 1.55. The third kappa shape index (κ3) is 3.05. The zero-order valence-corrected chi connectivity index (χ0v) is 11.9. The monoisotopic (exact) mass is 342 g/mol. The molecule has 2 aromatic rings. The first-order valence-corrected chi connectivity index (χ1v) is 6.46. The molecule has 0 aliphatic carbocycles. The first-order valence-electron chi connectivity index (χ1n) is 5.29. The zero-order chi connectivity index (χ0) is 14.0. The summed E-state index contributed by atoms with van der Waals surface area (Å²) in [5.41, 5.74) is 6.47. The van der Waals surface area contributed by atoms with Crippen molar-refractivity contribution < 1.29 is 9.18 Å². The summed E-state index contributed by atoms with van der Waals surface area (Å²) in [6.07, 6.45) is 0. The number of amides is 1. The molecule has 98 valence electrons. The normalized spacial score (nSPS) is 10.3. The Kier molecular flexibility index (Phi) is 4.07. The molecule has 3 nitrogen and oxygen atoms in total. The lowest BCUT2D eigenvalue weighted by Crippen LogP contribution is -2.14. The number of hydrogen-bond acceptors (Lipinski definition) is 2. The van der Waals surface area contributed by atoms with Crippen molar-refractivity contribution in [2.45, 2.75) is 0 Å². The minimum Gasteiger partial charge on any atom is -0.398 e. The Morgan fingerprint density at radius 3 is 2.68 bits per heavy atom. The molecule has 1 amide bonds. The highest BCUT2D eigenvalue weighted by Crippen LogP contribution is 2.24. The standard InChI is InChI=1S/C13H9BrClFN2O/c14-8-5-4-7(6-10(8)16)18-13(19)12-9(15)2-1-3-11(12)17/h1-6H,17H2,(H,18,19). The number of carbonyl (C=O) groups excluding carboxylic acids is 1. The molecule has 2 rings (SSSR count). The molecule has 0 aliphatic heterocycles. The van der Waals surface area contributed by atoms with Gasteiger partial charge in [0.05, 0.1) is 15.1 Å². The van der Waals surface area contributed by atoms with Gasteiger partial charge < -0.3 is 11.1 Å². The summed E-state index contributed by atoms with van der Waals surface area (Å²) < 4.78 is 13.7. The SMILES string of the molecule is Nc1cccc(Cl)c1C(=O)Nc1ccc(Br)c(F)c1. The van der Waals surface area contributed by atoms with Crippen LogP contribution in [0.25, 0.3) is 0 Å². The van der Waals surface area contributed by atoms with Crippen LogP contribution in [0, 0.1) is 5.82 Å². The van der Waals surface area contributed by atoms with Gasteiger partial charge in [-0.05, 0) is 46.3 Å². The Labute approximate surface area is 122 Å². The maximum atomic E-state index is 13.3. The average Bonchev–Trinajstić information content (AvgIpc) is 2.33. The largest absolute Gasteiger partial charge is 0.398 e. The lowest BCUT2D eigenvalue weighted by Gasteiger charge is -2.09. The van der Waals surface area contributed by atoms with Gasteiger partial charge in [-0.2, -0.15) is 0 Å². The van der Waals surface area contributed by atoms with Gasteiger partial charge in [-0.15, -0.1) is 0 Å². The second kappa shape index (κ2) is 5.59. The molecule has 0 fully saturated rings. The van der Waals surface area contributed by atoms with Gasteiger partial charge >= 0.3 is 0 Å². The van der Waals surface area contributed by atoms with E-state index in [1.807, 2.05) is 0 Å². The van der Waals surface area contributed by atoms with E-state index in [1.54, 1.807) is 24.3 Å². The third-order valence-corrected chi connectivity index (χ3v) is 3.41. The number of benzene rings is 2. The van der Waals surface area contributed by atoms with E-state index in [2.05, 4.69) is 21.2 Å². The van der Waals surface area contributed by atoms with Crippen molar-refractivity contribution in [3.05, 3.63) is 57.3 Å². The molecule has 3 N–H and O–H groups in total. The smallest absolute Gasteiger partial charge is 0.259 e. The minimum atomic E-state index is -0.482. The van der Waals surface area contributed by atoms with Crippen molar-refractivity contribution in [1.29, 1.82) is 0 Å². The van der Waals surface area contributed by atoms with Gasteiger partial charge in [-0.1, -0.05) is 17.7 Å². The summed E-state index contributed by atoms with van der Waals surface area (Å²) in [5, 5.41) is 2.79. The minimum absolute atomic E-state index is 0.174. The number of nitrogen functional groups attached to an aromatic ring is 1. The number of halogens is 3. The molecule has 19 heavy (non-hydrogen) atoms. The van der Waals surface area contributed by atoms with Crippen LogP contribution < -0.4 is 11.1 Å². The second-order valence-electron chi connectivity index (χ2n) is 3.79. The molecule has 0 aliphatic rings. The molecule has 0 saturated carbocycles. The fourth-order valence-corrected chi connectivity index (χ4v) is 2.06. The lowest BCUT2D eigenvalue weighted by atomic mass is 10.1. The molecular weight excluding hydrogens is 335 g/mol. The topological polar surface area (TPSA) is 55.1 Å². The Hall–Kier alpha value is -1.59. The zero-order valence-electron chi connectivity index (χ0n) is 9.58. The molecule has 0 radical (unpaired) electrons. The molecule has 6 heteroatoms. The maximum Gasteiger partial charge on any atom is 0.259 e. The number of hydrogen-bond donors (Lipinski definition) is 2. The van der Waals surface area contributed by atoms with E-state index >= 15 is 0 Å². The summed E-state index contributed by atoms with van der Waals surface area (Å²) in [6, 6.07) is 9.06. The highest BCUT2D eigenvalue weighted by atomic mass is 79.9. The van der Waals surface area contributed by atoms with E-state index in [9.17, 15) is 9.18 Å². The van der Waals surface area contributed by atoms with Gasteiger partial charge in [0.2, 0.25) is 0 Å². The van der Waals surface area contributed by atoms with Crippen LogP contribution in [0.15, 0.2) is 40.9 Å². The van der Waals surface area contributed by atoms with Crippen molar-refractivity contribution in [1.82, 2.24) is 0 Å². The molecule has 0 unspecified atom stereocenters. The molecular formula is C13H9BrClFN2O. The van der Waals surface area contributed by atoms with E-state index in [0.717, 1.165) is 0 Å². The summed E-state index contributed by atoms with van der Waals surface area (Å²) in [6.45, 7) is 0. The molecule has 0 aromatic heterocycles. The van der Waals surface area contributed by atoms with Crippen molar-refractivity contribution in [2.75, 3.05) is 11.1 Å². The van der Waals surface area contributed by atoms with Gasteiger partial charge in [0.1, 0.15) is 5.82 Å². The quantitative estimate of drug-likeness (QED) is 0.807. The summed E-state index contributed by atoms with van der Waals surface area (Å²) in [4.78, 5) is 12.0. The van der Waals surface area contributed by atoms with E-state index in [-0.39, 0.29) is 16.3 Å². The average molecular weight is 344 g/mol.